The molecule has 1 aromatic carbocycles. The number of halogens is 1. The third kappa shape index (κ3) is 3.00. The number of nitrogens with zero attached hydrogens (tertiary/aromatic N) is 1. The van der Waals surface area contributed by atoms with Crippen LogP contribution >= 0.6 is 11.6 Å². The minimum Gasteiger partial charge on any atom is -0.388 e. The lowest BCUT2D eigenvalue weighted by molar-refractivity contribution is -0.138. The molecule has 2 bridgehead atoms. The number of rotatable bonds is 3. The van der Waals surface area contributed by atoms with Gasteiger partial charge in [-0.15, -0.1) is 0 Å². The van der Waals surface area contributed by atoms with Crippen molar-refractivity contribution in [2.45, 2.75) is 31.8 Å². The maximum Gasteiger partial charge on any atom is 0.226 e. The Labute approximate surface area is 148 Å². The summed E-state index contributed by atoms with van der Waals surface area (Å²) in [6.07, 6.45) is 8.00. The van der Waals surface area contributed by atoms with Crippen molar-refractivity contribution < 1.29 is 9.90 Å². The van der Waals surface area contributed by atoms with Crippen LogP contribution in [-0.4, -0.2) is 29.0 Å². The van der Waals surface area contributed by atoms with Crippen LogP contribution in [0.15, 0.2) is 36.4 Å². The van der Waals surface area contributed by atoms with E-state index in [4.69, 9.17) is 11.6 Å². The summed E-state index contributed by atoms with van der Waals surface area (Å²) >= 11 is 5.91. The quantitative estimate of drug-likeness (QED) is 0.846. The highest BCUT2D eigenvalue weighted by Crippen LogP contribution is 2.44. The van der Waals surface area contributed by atoms with E-state index in [0.717, 1.165) is 37.9 Å². The molecule has 3 aliphatic rings. The zero-order chi connectivity index (χ0) is 16.7. The third-order valence-corrected chi connectivity index (χ3v) is 6.36. The number of piperidine rings is 1. The van der Waals surface area contributed by atoms with Crippen molar-refractivity contribution in [3.8, 4) is 0 Å². The lowest BCUT2D eigenvalue weighted by Gasteiger charge is -2.36. The molecule has 24 heavy (non-hydrogen) atoms. The lowest BCUT2D eigenvalue weighted by atomic mass is 9.86. The zero-order valence-corrected chi connectivity index (χ0v) is 14.5. The number of carbonyl (C=O) groups is 1. The lowest BCUT2D eigenvalue weighted by Crippen LogP contribution is -2.43. The number of amides is 1. The molecule has 128 valence electrons. The van der Waals surface area contributed by atoms with E-state index in [2.05, 4.69) is 12.2 Å². The molecule has 0 unspecified atom stereocenters. The van der Waals surface area contributed by atoms with Crippen molar-refractivity contribution in [3.05, 3.63) is 47.0 Å². The summed E-state index contributed by atoms with van der Waals surface area (Å²) in [5.41, 5.74) is 0.919. The van der Waals surface area contributed by atoms with Crippen molar-refractivity contribution in [2.75, 3.05) is 13.1 Å². The summed E-state index contributed by atoms with van der Waals surface area (Å²) in [4.78, 5) is 14.8. The first kappa shape index (κ1) is 16.2. The Morgan fingerprint density at radius 2 is 1.83 bits per heavy atom. The SMILES string of the molecule is O=C([C@@H]1C[C@H]2C=C[C@H]1C2)N1CCC([C@@H](O)c2ccc(Cl)cc2)CC1. The van der Waals surface area contributed by atoms with Crippen LogP contribution in [0.5, 0.6) is 0 Å². The second kappa shape index (κ2) is 6.53. The van der Waals surface area contributed by atoms with Crippen LogP contribution in [0.1, 0.15) is 37.4 Å². The fraction of sp³-hybridized carbons (Fsp3) is 0.550. The number of benzene rings is 1. The van der Waals surface area contributed by atoms with Gasteiger partial charge in [-0.3, -0.25) is 4.79 Å². The van der Waals surface area contributed by atoms with Gasteiger partial charge in [0.15, 0.2) is 0 Å². The second-order valence-electron chi connectivity index (χ2n) is 7.55. The Morgan fingerprint density at radius 3 is 2.42 bits per heavy atom. The van der Waals surface area contributed by atoms with Crippen molar-refractivity contribution in [3.63, 3.8) is 0 Å². The van der Waals surface area contributed by atoms with Gasteiger partial charge in [0.2, 0.25) is 5.91 Å². The minimum absolute atomic E-state index is 0.206. The highest BCUT2D eigenvalue weighted by molar-refractivity contribution is 6.30. The monoisotopic (exact) mass is 345 g/mol. The highest BCUT2D eigenvalue weighted by atomic mass is 35.5. The van der Waals surface area contributed by atoms with E-state index < -0.39 is 6.10 Å². The normalized spacial score (nSPS) is 30.8. The molecular formula is C20H24ClNO2. The number of allylic oxidation sites excluding steroid dienone is 2. The van der Waals surface area contributed by atoms with E-state index in [9.17, 15) is 9.90 Å². The minimum atomic E-state index is -0.468. The molecule has 1 N–H and O–H groups in total. The Kier molecular flexibility index (Phi) is 4.40. The summed E-state index contributed by atoms with van der Waals surface area (Å²) in [7, 11) is 0. The van der Waals surface area contributed by atoms with Crippen molar-refractivity contribution in [2.24, 2.45) is 23.7 Å². The van der Waals surface area contributed by atoms with Gasteiger partial charge in [-0.05, 0) is 61.1 Å². The van der Waals surface area contributed by atoms with Gasteiger partial charge in [0, 0.05) is 24.0 Å². The predicted molar refractivity (Wildman–Crippen MR) is 94.6 cm³/mol. The van der Waals surface area contributed by atoms with Gasteiger partial charge in [-0.1, -0.05) is 35.9 Å². The smallest absolute Gasteiger partial charge is 0.226 e. The Morgan fingerprint density at radius 1 is 1.12 bits per heavy atom. The van der Waals surface area contributed by atoms with Crippen LogP contribution in [0.2, 0.25) is 5.02 Å². The summed E-state index contributed by atoms with van der Waals surface area (Å²) in [5, 5.41) is 11.3. The number of hydrogen-bond acceptors (Lipinski definition) is 2. The average Bonchev–Trinajstić information content (AvgIpc) is 3.25. The molecule has 4 atom stereocenters. The highest BCUT2D eigenvalue weighted by Gasteiger charge is 2.42. The van der Waals surface area contributed by atoms with E-state index in [1.54, 1.807) is 0 Å². The van der Waals surface area contributed by atoms with E-state index >= 15 is 0 Å². The molecule has 1 heterocycles. The molecule has 4 rings (SSSR count). The van der Waals surface area contributed by atoms with Crippen molar-refractivity contribution >= 4 is 17.5 Å². The first-order chi connectivity index (χ1) is 11.6. The molecule has 1 saturated carbocycles. The van der Waals surface area contributed by atoms with Crippen LogP contribution < -0.4 is 0 Å². The Balaban J connectivity index is 1.34. The number of aliphatic hydroxyl groups is 1. The number of likely N-dealkylation sites (tertiary alicyclic amines) is 1. The van der Waals surface area contributed by atoms with Gasteiger partial charge in [-0.25, -0.2) is 0 Å². The maximum absolute atomic E-state index is 12.8. The van der Waals surface area contributed by atoms with Crippen molar-refractivity contribution in [1.29, 1.82) is 0 Å². The van der Waals surface area contributed by atoms with E-state index in [1.165, 1.54) is 6.42 Å². The average molecular weight is 346 g/mol. The molecule has 2 fully saturated rings. The molecule has 0 radical (unpaired) electrons. The summed E-state index contributed by atoms with van der Waals surface area (Å²) in [6, 6.07) is 7.43. The Bertz CT molecular complexity index is 634. The van der Waals surface area contributed by atoms with Gasteiger partial charge >= 0.3 is 0 Å². The summed E-state index contributed by atoms with van der Waals surface area (Å²) in [5.74, 6) is 1.87. The van der Waals surface area contributed by atoms with E-state index in [-0.39, 0.29) is 11.8 Å². The molecule has 1 amide bonds. The molecule has 0 spiro atoms. The topological polar surface area (TPSA) is 40.5 Å². The molecule has 2 aliphatic carbocycles. The maximum atomic E-state index is 12.8. The summed E-state index contributed by atoms with van der Waals surface area (Å²) < 4.78 is 0. The van der Waals surface area contributed by atoms with Gasteiger partial charge < -0.3 is 10.0 Å². The third-order valence-electron chi connectivity index (χ3n) is 6.11. The second-order valence-corrected chi connectivity index (χ2v) is 7.98. The van der Waals surface area contributed by atoms with E-state index in [0.29, 0.717) is 22.8 Å². The van der Waals surface area contributed by atoms with Crippen molar-refractivity contribution in [1.82, 2.24) is 4.90 Å². The first-order valence-corrected chi connectivity index (χ1v) is 9.40. The largest absolute Gasteiger partial charge is 0.388 e. The van der Waals surface area contributed by atoms with Crippen LogP contribution in [0.25, 0.3) is 0 Å². The molecule has 3 nitrogen and oxygen atoms in total. The molecule has 1 saturated heterocycles. The first-order valence-electron chi connectivity index (χ1n) is 9.02. The van der Waals surface area contributed by atoms with E-state index in [1.807, 2.05) is 29.2 Å². The Hall–Kier alpha value is -1.32. The number of fused-ring (bicyclic) bond motifs is 2. The molecular weight excluding hydrogens is 322 g/mol. The zero-order valence-electron chi connectivity index (χ0n) is 13.8. The van der Waals surface area contributed by atoms with Gasteiger partial charge in [0.1, 0.15) is 0 Å². The molecule has 1 aliphatic heterocycles. The van der Waals surface area contributed by atoms with Gasteiger partial charge in [-0.2, -0.15) is 0 Å². The van der Waals surface area contributed by atoms with Gasteiger partial charge in [0.05, 0.1) is 6.10 Å². The number of hydrogen-bond donors (Lipinski definition) is 1. The molecule has 0 aromatic heterocycles. The van der Waals surface area contributed by atoms with Crippen LogP contribution in [-0.2, 0) is 4.79 Å². The standard InChI is InChI=1S/C20H24ClNO2/c21-17-5-3-14(4-6-17)19(23)15-7-9-22(10-8-15)20(24)18-12-13-1-2-16(18)11-13/h1-6,13,15-16,18-19,23H,7-12H2/t13-,16-,18+,19-/m0/s1. The predicted octanol–water partition coefficient (Wildman–Crippen LogP) is 3.82. The van der Waals surface area contributed by atoms with Crippen LogP contribution in [0, 0.1) is 23.7 Å². The molecule has 4 heteroatoms. The fourth-order valence-corrected chi connectivity index (χ4v) is 4.79. The van der Waals surface area contributed by atoms with Crippen LogP contribution in [0.3, 0.4) is 0 Å². The number of carbonyl (C=O) groups excluding carboxylic acids is 1. The van der Waals surface area contributed by atoms with Gasteiger partial charge in [0.25, 0.3) is 0 Å². The summed E-state index contributed by atoms with van der Waals surface area (Å²) in [6.45, 7) is 1.54. The van der Waals surface area contributed by atoms with Crippen LogP contribution in [0.4, 0.5) is 0 Å². The number of aliphatic hydroxyl groups excluding tert-OH is 1. The molecule has 1 aromatic rings. The fourth-order valence-electron chi connectivity index (χ4n) is 4.67.